The fraction of sp³-hybridized carbons (Fsp3) is 0.350. The standard InChI is InChI=1S/C20H21N5O4S/c26-20(15-13-22-25-5-2-4-21-19(15)25)23-16-11-14-3-1-10-30(27,28)18(14)12-17(16)24-6-8-29-9-7-24/h2,4-5,11-13H,1,3,6-10H2,(H,23,26). The van der Waals surface area contributed by atoms with Gasteiger partial charge in [0.05, 0.1) is 41.4 Å². The summed E-state index contributed by atoms with van der Waals surface area (Å²) < 4.78 is 32.2. The van der Waals surface area contributed by atoms with Gasteiger partial charge in [-0.3, -0.25) is 4.79 Å². The van der Waals surface area contributed by atoms with E-state index < -0.39 is 9.84 Å². The highest BCUT2D eigenvalue weighted by Gasteiger charge is 2.28. The highest BCUT2D eigenvalue weighted by molar-refractivity contribution is 7.91. The predicted octanol–water partition coefficient (Wildman–Crippen LogP) is 1.54. The summed E-state index contributed by atoms with van der Waals surface area (Å²) in [5.41, 5.74) is 2.84. The first-order valence-corrected chi connectivity index (χ1v) is 11.5. The number of benzene rings is 1. The van der Waals surface area contributed by atoms with Crippen molar-refractivity contribution in [1.82, 2.24) is 14.6 Å². The first kappa shape index (κ1) is 19.0. The minimum Gasteiger partial charge on any atom is -0.378 e. The molecule has 0 radical (unpaired) electrons. The average Bonchev–Trinajstić information content (AvgIpc) is 3.18. The number of fused-ring (bicyclic) bond motifs is 2. The zero-order valence-corrected chi connectivity index (χ0v) is 17.1. The van der Waals surface area contributed by atoms with Gasteiger partial charge in [-0.25, -0.2) is 17.9 Å². The summed E-state index contributed by atoms with van der Waals surface area (Å²) in [7, 11) is -3.31. The summed E-state index contributed by atoms with van der Waals surface area (Å²) in [6, 6.07) is 5.25. The number of aryl methyl sites for hydroxylation is 1. The van der Waals surface area contributed by atoms with Gasteiger partial charge in [-0.2, -0.15) is 5.10 Å². The van der Waals surface area contributed by atoms with Crippen molar-refractivity contribution >= 4 is 32.8 Å². The molecule has 10 heteroatoms. The molecule has 5 rings (SSSR count). The van der Waals surface area contributed by atoms with Gasteiger partial charge in [0, 0.05) is 25.5 Å². The van der Waals surface area contributed by atoms with Crippen LogP contribution >= 0.6 is 0 Å². The molecular weight excluding hydrogens is 406 g/mol. The van der Waals surface area contributed by atoms with Gasteiger partial charge < -0.3 is 15.0 Å². The van der Waals surface area contributed by atoms with E-state index in [1.54, 1.807) is 30.6 Å². The molecule has 9 nitrogen and oxygen atoms in total. The molecule has 4 heterocycles. The fourth-order valence-corrected chi connectivity index (χ4v) is 5.60. The lowest BCUT2D eigenvalue weighted by Crippen LogP contribution is -2.37. The van der Waals surface area contributed by atoms with Gasteiger partial charge in [0.25, 0.3) is 5.91 Å². The Balaban J connectivity index is 1.57. The lowest BCUT2D eigenvalue weighted by molar-refractivity contribution is 0.102. The van der Waals surface area contributed by atoms with Crippen LogP contribution in [0.5, 0.6) is 0 Å². The maximum Gasteiger partial charge on any atom is 0.261 e. The van der Waals surface area contributed by atoms with Crippen molar-refractivity contribution in [3.05, 3.63) is 47.9 Å². The van der Waals surface area contributed by atoms with E-state index in [9.17, 15) is 13.2 Å². The number of anilines is 2. The van der Waals surface area contributed by atoms with E-state index >= 15 is 0 Å². The van der Waals surface area contributed by atoms with Crippen LogP contribution in [0.3, 0.4) is 0 Å². The number of morpholine rings is 1. The number of carbonyl (C=O) groups is 1. The van der Waals surface area contributed by atoms with E-state index in [0.29, 0.717) is 66.6 Å². The largest absolute Gasteiger partial charge is 0.378 e. The smallest absolute Gasteiger partial charge is 0.261 e. The fourth-order valence-electron chi connectivity index (χ4n) is 4.00. The maximum absolute atomic E-state index is 13.1. The Morgan fingerprint density at radius 2 is 2.03 bits per heavy atom. The summed E-state index contributed by atoms with van der Waals surface area (Å²) in [6.07, 6.45) is 6.06. The Bertz CT molecular complexity index is 1230. The first-order valence-electron chi connectivity index (χ1n) is 9.85. The van der Waals surface area contributed by atoms with Crippen LogP contribution < -0.4 is 10.2 Å². The van der Waals surface area contributed by atoms with Crippen LogP contribution in [0.15, 0.2) is 41.7 Å². The molecule has 156 valence electrons. The molecule has 0 unspecified atom stereocenters. The summed E-state index contributed by atoms with van der Waals surface area (Å²) in [5, 5.41) is 7.14. The molecule has 0 spiro atoms. The molecule has 0 aliphatic carbocycles. The second-order valence-electron chi connectivity index (χ2n) is 7.40. The highest BCUT2D eigenvalue weighted by Crippen LogP contribution is 2.36. The zero-order valence-electron chi connectivity index (χ0n) is 16.2. The minimum atomic E-state index is -3.31. The molecule has 2 aliphatic rings. The molecule has 1 amide bonds. The summed E-state index contributed by atoms with van der Waals surface area (Å²) >= 11 is 0. The number of hydrogen-bond donors (Lipinski definition) is 1. The van der Waals surface area contributed by atoms with Crippen molar-refractivity contribution in [2.24, 2.45) is 0 Å². The average molecular weight is 427 g/mol. The van der Waals surface area contributed by atoms with Crippen molar-refractivity contribution < 1.29 is 17.9 Å². The molecule has 1 aromatic carbocycles. The molecular formula is C20H21N5O4S. The van der Waals surface area contributed by atoms with Crippen molar-refractivity contribution in [3.63, 3.8) is 0 Å². The van der Waals surface area contributed by atoms with Crippen LogP contribution in [0.25, 0.3) is 5.65 Å². The van der Waals surface area contributed by atoms with Gasteiger partial charge in [0.15, 0.2) is 15.5 Å². The van der Waals surface area contributed by atoms with Gasteiger partial charge in [-0.1, -0.05) is 0 Å². The van der Waals surface area contributed by atoms with Crippen LogP contribution in [-0.2, 0) is 21.0 Å². The Kier molecular flexibility index (Phi) is 4.67. The number of aromatic nitrogens is 3. The number of nitrogens with zero attached hydrogens (tertiary/aromatic N) is 4. The van der Waals surface area contributed by atoms with E-state index in [0.717, 1.165) is 5.56 Å². The molecule has 2 aromatic heterocycles. The van der Waals surface area contributed by atoms with E-state index in [2.05, 4.69) is 20.3 Å². The number of rotatable bonds is 3. The van der Waals surface area contributed by atoms with Gasteiger partial charge in [0.1, 0.15) is 5.56 Å². The quantitative estimate of drug-likeness (QED) is 0.676. The van der Waals surface area contributed by atoms with Gasteiger partial charge >= 0.3 is 0 Å². The second-order valence-corrected chi connectivity index (χ2v) is 9.48. The first-order chi connectivity index (χ1) is 14.5. The van der Waals surface area contributed by atoms with Crippen molar-refractivity contribution in [2.45, 2.75) is 17.7 Å². The predicted molar refractivity (Wildman–Crippen MR) is 111 cm³/mol. The molecule has 3 aromatic rings. The number of amides is 1. The number of hydrogen-bond acceptors (Lipinski definition) is 7. The second kappa shape index (κ2) is 7.37. The summed E-state index contributed by atoms with van der Waals surface area (Å²) in [6.45, 7) is 2.35. The van der Waals surface area contributed by atoms with Crippen LogP contribution in [0.2, 0.25) is 0 Å². The molecule has 2 aliphatic heterocycles. The van der Waals surface area contributed by atoms with Gasteiger partial charge in [-0.15, -0.1) is 0 Å². The number of ether oxygens (including phenoxy) is 1. The Labute approximate surface area is 173 Å². The van der Waals surface area contributed by atoms with Gasteiger partial charge in [0.2, 0.25) is 0 Å². The van der Waals surface area contributed by atoms with Gasteiger partial charge in [-0.05, 0) is 36.6 Å². The summed E-state index contributed by atoms with van der Waals surface area (Å²) in [5.74, 6) is -0.181. The topological polar surface area (TPSA) is 106 Å². The molecule has 1 N–H and O–H groups in total. The summed E-state index contributed by atoms with van der Waals surface area (Å²) in [4.78, 5) is 19.7. The minimum absolute atomic E-state index is 0.155. The highest BCUT2D eigenvalue weighted by atomic mass is 32.2. The zero-order chi connectivity index (χ0) is 20.7. The van der Waals surface area contributed by atoms with Crippen molar-refractivity contribution in [2.75, 3.05) is 42.3 Å². The lowest BCUT2D eigenvalue weighted by atomic mass is 10.1. The molecule has 0 bridgehead atoms. The van der Waals surface area contributed by atoms with Crippen LogP contribution in [-0.4, -0.2) is 61.0 Å². The third kappa shape index (κ3) is 3.31. The normalized spacial score (nSPS) is 18.2. The molecule has 1 saturated heterocycles. The monoisotopic (exact) mass is 427 g/mol. The van der Waals surface area contributed by atoms with Crippen molar-refractivity contribution in [3.8, 4) is 0 Å². The number of nitrogens with one attached hydrogen (secondary N) is 1. The SMILES string of the molecule is O=C(Nc1cc2c(cc1N1CCOCC1)S(=O)(=O)CCC2)c1cnn2cccnc12. The van der Waals surface area contributed by atoms with Crippen LogP contribution in [0.1, 0.15) is 22.3 Å². The van der Waals surface area contributed by atoms with E-state index in [1.807, 2.05) is 0 Å². The van der Waals surface area contributed by atoms with E-state index in [1.165, 1.54) is 10.7 Å². The number of sulfone groups is 1. The maximum atomic E-state index is 13.1. The van der Waals surface area contributed by atoms with Crippen molar-refractivity contribution in [1.29, 1.82) is 0 Å². The third-order valence-corrected chi connectivity index (χ3v) is 7.37. The lowest BCUT2D eigenvalue weighted by Gasteiger charge is -2.32. The Morgan fingerprint density at radius 3 is 2.87 bits per heavy atom. The van der Waals surface area contributed by atoms with E-state index in [4.69, 9.17) is 4.74 Å². The Morgan fingerprint density at radius 1 is 1.20 bits per heavy atom. The molecule has 1 fully saturated rings. The molecule has 0 saturated carbocycles. The third-order valence-electron chi connectivity index (χ3n) is 5.50. The molecule has 30 heavy (non-hydrogen) atoms. The number of carbonyl (C=O) groups excluding carboxylic acids is 1. The van der Waals surface area contributed by atoms with Crippen LogP contribution in [0, 0.1) is 0 Å². The Hall–Kier alpha value is -2.98. The molecule has 0 atom stereocenters. The van der Waals surface area contributed by atoms with Crippen LogP contribution in [0.4, 0.5) is 11.4 Å². The van der Waals surface area contributed by atoms with E-state index in [-0.39, 0.29) is 11.7 Å².